The number of nitrogens with zero attached hydrogens (tertiary/aromatic N) is 2. The first-order chi connectivity index (χ1) is 13.6. The zero-order chi connectivity index (χ0) is 20.4. The molecule has 28 heavy (non-hydrogen) atoms. The molecule has 0 saturated carbocycles. The fourth-order valence-electron chi connectivity index (χ4n) is 2.79. The highest BCUT2D eigenvalue weighted by molar-refractivity contribution is 6.06. The van der Waals surface area contributed by atoms with Gasteiger partial charge in [0.1, 0.15) is 17.4 Å². The Morgan fingerprint density at radius 2 is 1.89 bits per heavy atom. The maximum atomic E-state index is 12.3. The Kier molecular flexibility index (Phi) is 8.15. The van der Waals surface area contributed by atoms with Crippen molar-refractivity contribution in [1.29, 1.82) is 5.26 Å². The van der Waals surface area contributed by atoms with Gasteiger partial charge in [0.25, 0.3) is 5.91 Å². The summed E-state index contributed by atoms with van der Waals surface area (Å²) in [4.78, 5) is 25.7. The number of carbonyl (C=O) groups is 2. The Bertz CT molecular complexity index is 732. The van der Waals surface area contributed by atoms with Crippen LogP contribution < -0.4 is 15.4 Å². The van der Waals surface area contributed by atoms with Gasteiger partial charge in [0.05, 0.1) is 13.2 Å². The van der Waals surface area contributed by atoms with Crippen molar-refractivity contribution in [3.8, 4) is 11.8 Å². The molecule has 0 bridgehead atoms. The van der Waals surface area contributed by atoms with Gasteiger partial charge in [0.2, 0.25) is 0 Å². The minimum atomic E-state index is -0.483. The lowest BCUT2D eigenvalue weighted by molar-refractivity contribution is -0.112. The first-order valence-electron chi connectivity index (χ1n) is 9.39. The third-order valence-corrected chi connectivity index (χ3v) is 4.27. The van der Waals surface area contributed by atoms with Crippen LogP contribution in [-0.4, -0.2) is 49.2 Å². The highest BCUT2D eigenvalue weighted by Crippen LogP contribution is 2.16. The monoisotopic (exact) mass is 386 g/mol. The van der Waals surface area contributed by atoms with E-state index in [2.05, 4.69) is 10.6 Å². The summed E-state index contributed by atoms with van der Waals surface area (Å²) >= 11 is 0. The van der Waals surface area contributed by atoms with Gasteiger partial charge in [0.15, 0.2) is 0 Å². The van der Waals surface area contributed by atoms with Gasteiger partial charge in [-0.1, -0.05) is 0 Å². The molecule has 1 heterocycles. The molecule has 1 saturated heterocycles. The molecule has 2 N–H and O–H groups in total. The van der Waals surface area contributed by atoms with Crippen molar-refractivity contribution >= 4 is 17.7 Å². The molecule has 8 nitrogen and oxygen atoms in total. The number of rotatable bonds is 7. The molecule has 0 aromatic heterocycles. The molecule has 8 heteroatoms. The van der Waals surface area contributed by atoms with Gasteiger partial charge in [-0.05, 0) is 51.0 Å². The summed E-state index contributed by atoms with van der Waals surface area (Å²) in [6.45, 7) is 5.74. The van der Waals surface area contributed by atoms with Gasteiger partial charge in [-0.2, -0.15) is 5.26 Å². The predicted octanol–water partition coefficient (Wildman–Crippen LogP) is 2.64. The van der Waals surface area contributed by atoms with Gasteiger partial charge in [-0.15, -0.1) is 0 Å². The van der Waals surface area contributed by atoms with Crippen LogP contribution in [0.15, 0.2) is 36.0 Å². The van der Waals surface area contributed by atoms with Crippen molar-refractivity contribution in [2.75, 3.05) is 31.6 Å². The van der Waals surface area contributed by atoms with Crippen molar-refractivity contribution in [3.05, 3.63) is 36.0 Å². The number of likely N-dealkylation sites (tertiary alicyclic amines) is 1. The van der Waals surface area contributed by atoms with Crippen LogP contribution in [0, 0.1) is 11.3 Å². The Labute approximate surface area is 165 Å². The molecular formula is C20H26N4O4. The number of anilines is 1. The summed E-state index contributed by atoms with van der Waals surface area (Å²) < 4.78 is 10.3. The fraction of sp³-hybridized carbons (Fsp3) is 0.450. The van der Waals surface area contributed by atoms with Crippen LogP contribution in [0.1, 0.15) is 26.7 Å². The maximum Gasteiger partial charge on any atom is 0.409 e. The average Bonchev–Trinajstić information content (AvgIpc) is 2.71. The van der Waals surface area contributed by atoms with E-state index in [0.29, 0.717) is 50.6 Å². The SMILES string of the molecule is CCOC(=O)N1CCC(N/C=C(/C#N)C(=O)Nc2ccc(OCC)cc2)CC1. The lowest BCUT2D eigenvalue weighted by Gasteiger charge is -2.31. The highest BCUT2D eigenvalue weighted by atomic mass is 16.6. The molecule has 2 amide bonds. The quantitative estimate of drug-likeness (QED) is 0.551. The summed E-state index contributed by atoms with van der Waals surface area (Å²) in [5.41, 5.74) is 0.569. The van der Waals surface area contributed by atoms with Crippen LogP contribution in [0.25, 0.3) is 0 Å². The zero-order valence-electron chi connectivity index (χ0n) is 16.2. The minimum Gasteiger partial charge on any atom is -0.494 e. The van der Waals surface area contributed by atoms with E-state index >= 15 is 0 Å². The van der Waals surface area contributed by atoms with Gasteiger partial charge in [0, 0.05) is 31.0 Å². The highest BCUT2D eigenvalue weighted by Gasteiger charge is 2.23. The van der Waals surface area contributed by atoms with Crippen LogP contribution in [0.3, 0.4) is 0 Å². The van der Waals surface area contributed by atoms with E-state index in [0.717, 1.165) is 0 Å². The molecule has 150 valence electrons. The first-order valence-corrected chi connectivity index (χ1v) is 9.39. The van der Waals surface area contributed by atoms with Gasteiger partial charge in [-0.25, -0.2) is 4.79 Å². The van der Waals surface area contributed by atoms with Crippen molar-refractivity contribution < 1.29 is 19.1 Å². The first kappa shape index (κ1) is 21.1. The number of amides is 2. The molecule has 0 atom stereocenters. The van der Waals surface area contributed by atoms with Crippen LogP contribution in [0.2, 0.25) is 0 Å². The minimum absolute atomic E-state index is 0.0123. The van der Waals surface area contributed by atoms with E-state index in [1.807, 2.05) is 13.0 Å². The maximum absolute atomic E-state index is 12.3. The topological polar surface area (TPSA) is 104 Å². The Morgan fingerprint density at radius 3 is 2.46 bits per heavy atom. The zero-order valence-corrected chi connectivity index (χ0v) is 16.2. The van der Waals surface area contributed by atoms with Crippen LogP contribution in [0.4, 0.5) is 10.5 Å². The number of ether oxygens (including phenoxy) is 2. The summed E-state index contributed by atoms with van der Waals surface area (Å²) in [5.74, 6) is 0.232. The molecule has 1 aliphatic rings. The van der Waals surface area contributed by atoms with Crippen LogP contribution in [-0.2, 0) is 9.53 Å². The van der Waals surface area contributed by atoms with E-state index in [4.69, 9.17) is 9.47 Å². The summed E-state index contributed by atoms with van der Waals surface area (Å²) in [6.07, 6.45) is 2.57. The number of hydrogen-bond donors (Lipinski definition) is 2. The second-order valence-corrected chi connectivity index (χ2v) is 6.21. The largest absolute Gasteiger partial charge is 0.494 e. The number of hydrogen-bond acceptors (Lipinski definition) is 6. The number of carbonyl (C=O) groups excluding carboxylic acids is 2. The van der Waals surface area contributed by atoms with E-state index < -0.39 is 5.91 Å². The van der Waals surface area contributed by atoms with E-state index in [1.165, 1.54) is 6.20 Å². The normalized spacial score (nSPS) is 14.8. The fourth-order valence-corrected chi connectivity index (χ4v) is 2.79. The Balaban J connectivity index is 1.85. The third-order valence-electron chi connectivity index (χ3n) is 4.27. The Hall–Kier alpha value is -3.21. The van der Waals surface area contributed by atoms with Gasteiger partial charge >= 0.3 is 6.09 Å². The lowest BCUT2D eigenvalue weighted by Crippen LogP contribution is -2.44. The molecule has 1 aliphatic heterocycles. The molecule has 0 unspecified atom stereocenters. The smallest absolute Gasteiger partial charge is 0.409 e. The second-order valence-electron chi connectivity index (χ2n) is 6.21. The van der Waals surface area contributed by atoms with Crippen molar-refractivity contribution in [2.24, 2.45) is 0 Å². The van der Waals surface area contributed by atoms with E-state index in [-0.39, 0.29) is 17.7 Å². The molecule has 2 rings (SSSR count). The van der Waals surface area contributed by atoms with Gasteiger partial charge < -0.3 is 25.0 Å². The van der Waals surface area contributed by atoms with Crippen LogP contribution in [0.5, 0.6) is 5.75 Å². The molecule has 0 aliphatic carbocycles. The Morgan fingerprint density at radius 1 is 1.21 bits per heavy atom. The molecule has 1 aromatic carbocycles. The van der Waals surface area contributed by atoms with E-state index in [9.17, 15) is 14.9 Å². The standard InChI is InChI=1S/C20H26N4O4/c1-3-27-18-7-5-17(6-8-18)23-19(25)15(13-21)14-22-16-9-11-24(12-10-16)20(26)28-4-2/h5-8,14,16,22H,3-4,9-12H2,1-2H3,(H,23,25)/b15-14-. The predicted molar refractivity (Wildman–Crippen MR) is 105 cm³/mol. The van der Waals surface area contributed by atoms with Gasteiger partial charge in [-0.3, -0.25) is 4.79 Å². The molecule has 1 fully saturated rings. The third kappa shape index (κ3) is 6.20. The second kappa shape index (κ2) is 10.8. The number of nitrogens with one attached hydrogen (secondary N) is 2. The van der Waals surface area contributed by atoms with Crippen molar-refractivity contribution in [2.45, 2.75) is 32.7 Å². The van der Waals surface area contributed by atoms with Crippen LogP contribution >= 0.6 is 0 Å². The van der Waals surface area contributed by atoms with Crippen molar-refractivity contribution in [3.63, 3.8) is 0 Å². The van der Waals surface area contributed by atoms with E-state index in [1.54, 1.807) is 36.1 Å². The summed E-state index contributed by atoms with van der Waals surface area (Å²) in [7, 11) is 0. The average molecular weight is 386 g/mol. The molecule has 0 radical (unpaired) electrons. The molecular weight excluding hydrogens is 360 g/mol. The molecule has 0 spiro atoms. The summed E-state index contributed by atoms with van der Waals surface area (Å²) in [5, 5.41) is 15.1. The lowest BCUT2D eigenvalue weighted by atomic mass is 10.1. The number of benzene rings is 1. The number of piperidine rings is 1. The molecule has 1 aromatic rings. The van der Waals surface area contributed by atoms with Crippen molar-refractivity contribution in [1.82, 2.24) is 10.2 Å². The summed E-state index contributed by atoms with van der Waals surface area (Å²) in [6, 6.07) is 8.95. The number of nitriles is 1.